The molecular formula is C24H30N4O2. The lowest BCUT2D eigenvalue weighted by molar-refractivity contribution is -0.123. The minimum Gasteiger partial charge on any atom is -0.492 e. The van der Waals surface area contributed by atoms with Crippen LogP contribution in [0.15, 0.2) is 73.1 Å². The maximum absolute atomic E-state index is 13.1. The molecule has 0 saturated carbocycles. The number of hydrogen-bond acceptors (Lipinski definition) is 4. The van der Waals surface area contributed by atoms with Crippen LogP contribution < -0.4 is 10.1 Å². The maximum Gasteiger partial charge on any atom is 0.249 e. The number of ether oxygens (including phenoxy) is 1. The fraction of sp³-hybridized carbons (Fsp3) is 0.333. The van der Waals surface area contributed by atoms with E-state index < -0.39 is 6.04 Å². The number of carbonyl (C=O) groups excluding carboxylic acids is 1. The molecule has 6 heteroatoms. The molecule has 1 N–H and O–H groups in total. The first-order valence-corrected chi connectivity index (χ1v) is 10.5. The molecule has 30 heavy (non-hydrogen) atoms. The average Bonchev–Trinajstić information content (AvgIpc) is 3.31. The van der Waals surface area contributed by atoms with Gasteiger partial charge in [-0.2, -0.15) is 5.10 Å². The zero-order chi connectivity index (χ0) is 21.2. The number of nitrogens with one attached hydrogen (secondary N) is 1. The van der Waals surface area contributed by atoms with Crippen molar-refractivity contribution in [3.63, 3.8) is 0 Å². The van der Waals surface area contributed by atoms with Gasteiger partial charge in [-0.3, -0.25) is 9.48 Å². The molecule has 3 rings (SSSR count). The second-order valence-corrected chi connectivity index (χ2v) is 7.00. The molecule has 0 radical (unpaired) electrons. The van der Waals surface area contributed by atoms with Crippen molar-refractivity contribution in [2.75, 3.05) is 26.2 Å². The Kier molecular flexibility index (Phi) is 8.03. The Hall–Kier alpha value is -3.12. The summed E-state index contributed by atoms with van der Waals surface area (Å²) in [5, 5.41) is 7.34. The number of benzene rings is 2. The van der Waals surface area contributed by atoms with Gasteiger partial charge in [-0.1, -0.05) is 62.4 Å². The Balaban J connectivity index is 1.66. The van der Waals surface area contributed by atoms with Gasteiger partial charge >= 0.3 is 0 Å². The second-order valence-electron chi connectivity index (χ2n) is 7.00. The van der Waals surface area contributed by atoms with E-state index in [4.69, 9.17) is 4.74 Å². The molecule has 3 aromatic rings. The van der Waals surface area contributed by atoms with E-state index in [0.29, 0.717) is 13.2 Å². The van der Waals surface area contributed by atoms with Crippen molar-refractivity contribution < 1.29 is 9.53 Å². The number of carbonyl (C=O) groups is 1. The summed E-state index contributed by atoms with van der Waals surface area (Å²) in [5.41, 5.74) is 1.85. The quantitative estimate of drug-likeness (QED) is 0.529. The van der Waals surface area contributed by atoms with E-state index in [1.165, 1.54) is 0 Å². The zero-order valence-electron chi connectivity index (χ0n) is 17.7. The highest BCUT2D eigenvalue weighted by Crippen LogP contribution is 2.20. The van der Waals surface area contributed by atoms with Crippen molar-refractivity contribution >= 4 is 5.91 Å². The molecule has 0 saturated heterocycles. The number of aromatic nitrogens is 2. The monoisotopic (exact) mass is 406 g/mol. The van der Waals surface area contributed by atoms with Crippen molar-refractivity contribution in [1.82, 2.24) is 20.0 Å². The van der Waals surface area contributed by atoms with E-state index >= 15 is 0 Å². The van der Waals surface area contributed by atoms with Crippen LogP contribution in [-0.2, 0) is 11.3 Å². The Morgan fingerprint density at radius 3 is 2.50 bits per heavy atom. The number of para-hydroxylation sites is 1. The van der Waals surface area contributed by atoms with Gasteiger partial charge in [0.1, 0.15) is 12.4 Å². The van der Waals surface area contributed by atoms with E-state index in [1.807, 2.05) is 66.9 Å². The lowest BCUT2D eigenvalue weighted by Gasteiger charge is -2.20. The fourth-order valence-corrected chi connectivity index (χ4v) is 3.39. The van der Waals surface area contributed by atoms with Crippen LogP contribution in [0.2, 0.25) is 0 Å². The van der Waals surface area contributed by atoms with Crippen molar-refractivity contribution in [2.24, 2.45) is 0 Å². The van der Waals surface area contributed by atoms with Crippen LogP contribution in [0.5, 0.6) is 5.75 Å². The van der Waals surface area contributed by atoms with Gasteiger partial charge in [0.2, 0.25) is 5.91 Å². The first kappa shape index (κ1) is 21.6. The number of rotatable bonds is 11. The van der Waals surface area contributed by atoms with Crippen molar-refractivity contribution in [3.8, 4) is 5.75 Å². The number of nitrogens with zero attached hydrogens (tertiary/aromatic N) is 3. The summed E-state index contributed by atoms with van der Waals surface area (Å²) in [5.74, 6) is 0.697. The average molecular weight is 407 g/mol. The smallest absolute Gasteiger partial charge is 0.249 e. The summed E-state index contributed by atoms with van der Waals surface area (Å²) in [6.45, 7) is 8.20. The third-order valence-electron chi connectivity index (χ3n) is 5.14. The van der Waals surface area contributed by atoms with E-state index in [0.717, 1.165) is 36.5 Å². The largest absolute Gasteiger partial charge is 0.492 e. The highest BCUT2D eigenvalue weighted by molar-refractivity contribution is 5.83. The summed E-state index contributed by atoms with van der Waals surface area (Å²) in [7, 11) is 0. The van der Waals surface area contributed by atoms with Crippen LogP contribution in [0, 0.1) is 0 Å². The second kappa shape index (κ2) is 11.2. The highest BCUT2D eigenvalue weighted by atomic mass is 16.5. The van der Waals surface area contributed by atoms with Crippen LogP contribution in [0.1, 0.15) is 31.0 Å². The summed E-state index contributed by atoms with van der Waals surface area (Å²) in [6.07, 6.45) is 3.49. The molecule has 1 aromatic heterocycles. The SMILES string of the molecule is CCN(CC)CCOc1ccccc1CNC(=O)C(c1ccccc1)n1cccn1. The molecule has 1 amide bonds. The minimum absolute atomic E-state index is 0.108. The minimum atomic E-state index is -0.517. The predicted octanol–water partition coefficient (Wildman–Crippen LogP) is 3.51. The molecule has 1 heterocycles. The Morgan fingerprint density at radius 2 is 1.80 bits per heavy atom. The standard InChI is InChI=1S/C24H30N4O2/c1-3-27(4-2)17-18-30-22-14-9-8-13-21(22)19-25-24(29)23(28-16-10-15-26-28)20-11-6-5-7-12-20/h5-16,23H,3-4,17-19H2,1-2H3,(H,25,29). The third kappa shape index (κ3) is 5.70. The Labute approximate surface area is 178 Å². The first-order chi connectivity index (χ1) is 14.7. The van der Waals surface area contributed by atoms with Crippen molar-refractivity contribution in [3.05, 3.63) is 84.2 Å². The Morgan fingerprint density at radius 1 is 1.07 bits per heavy atom. The van der Waals surface area contributed by atoms with E-state index in [9.17, 15) is 4.79 Å². The van der Waals surface area contributed by atoms with E-state index in [-0.39, 0.29) is 5.91 Å². The first-order valence-electron chi connectivity index (χ1n) is 10.5. The van der Waals surface area contributed by atoms with Crippen molar-refractivity contribution in [2.45, 2.75) is 26.4 Å². The summed E-state index contributed by atoms with van der Waals surface area (Å²) >= 11 is 0. The summed E-state index contributed by atoms with van der Waals surface area (Å²) in [6, 6.07) is 18.8. The van der Waals surface area contributed by atoms with Gasteiger partial charge in [-0.15, -0.1) is 0 Å². The van der Waals surface area contributed by atoms with Gasteiger partial charge in [-0.25, -0.2) is 0 Å². The normalized spacial score (nSPS) is 12.0. The van der Waals surface area contributed by atoms with Crippen LogP contribution in [0.25, 0.3) is 0 Å². The zero-order valence-corrected chi connectivity index (χ0v) is 17.7. The number of amides is 1. The topological polar surface area (TPSA) is 59.4 Å². The molecule has 6 nitrogen and oxygen atoms in total. The fourth-order valence-electron chi connectivity index (χ4n) is 3.39. The van der Waals surface area contributed by atoms with Crippen molar-refractivity contribution in [1.29, 1.82) is 0 Å². The third-order valence-corrected chi connectivity index (χ3v) is 5.14. The van der Waals surface area contributed by atoms with E-state index in [1.54, 1.807) is 10.9 Å². The molecule has 0 aliphatic carbocycles. The van der Waals surface area contributed by atoms with Gasteiger partial charge in [0, 0.05) is 31.0 Å². The van der Waals surface area contributed by atoms with Gasteiger partial charge in [0.15, 0.2) is 6.04 Å². The molecule has 1 atom stereocenters. The highest BCUT2D eigenvalue weighted by Gasteiger charge is 2.22. The number of hydrogen-bond donors (Lipinski definition) is 1. The van der Waals surface area contributed by atoms with Crippen LogP contribution >= 0.6 is 0 Å². The molecule has 1 unspecified atom stereocenters. The van der Waals surface area contributed by atoms with Crippen LogP contribution in [-0.4, -0.2) is 46.8 Å². The lowest BCUT2D eigenvalue weighted by atomic mass is 10.1. The molecule has 0 aliphatic heterocycles. The van der Waals surface area contributed by atoms with Gasteiger partial charge in [0.25, 0.3) is 0 Å². The van der Waals surface area contributed by atoms with Gasteiger partial charge in [-0.05, 0) is 30.8 Å². The van der Waals surface area contributed by atoms with Crippen LogP contribution in [0.3, 0.4) is 0 Å². The number of likely N-dealkylation sites (N-methyl/N-ethyl adjacent to an activating group) is 1. The molecule has 0 aliphatic rings. The molecule has 0 fully saturated rings. The van der Waals surface area contributed by atoms with Gasteiger partial charge in [0.05, 0.1) is 0 Å². The maximum atomic E-state index is 13.1. The molecular weight excluding hydrogens is 376 g/mol. The van der Waals surface area contributed by atoms with E-state index in [2.05, 4.69) is 29.2 Å². The van der Waals surface area contributed by atoms with Gasteiger partial charge < -0.3 is 15.0 Å². The lowest BCUT2D eigenvalue weighted by Crippen LogP contribution is -2.33. The summed E-state index contributed by atoms with van der Waals surface area (Å²) in [4.78, 5) is 15.4. The Bertz CT molecular complexity index is 893. The summed E-state index contributed by atoms with van der Waals surface area (Å²) < 4.78 is 7.69. The predicted molar refractivity (Wildman–Crippen MR) is 118 cm³/mol. The molecule has 0 spiro atoms. The molecule has 2 aromatic carbocycles. The molecule has 158 valence electrons. The molecule has 0 bridgehead atoms. The van der Waals surface area contributed by atoms with Crippen LogP contribution in [0.4, 0.5) is 0 Å².